The molecule has 0 fully saturated rings. The van der Waals surface area contributed by atoms with Crippen LogP contribution in [0.3, 0.4) is 0 Å². The highest BCUT2D eigenvalue weighted by atomic mass is 32.1. The second-order valence-electron chi connectivity index (χ2n) is 13.4. The predicted octanol–water partition coefficient (Wildman–Crippen LogP) is 11.1. The molecule has 7 rings (SSSR count). The van der Waals surface area contributed by atoms with E-state index in [-0.39, 0.29) is 12.2 Å². The Morgan fingerprint density at radius 2 is 1.04 bits per heavy atom. The molecule has 51 heavy (non-hydrogen) atoms. The van der Waals surface area contributed by atoms with Crippen LogP contribution in [0.15, 0.2) is 97.1 Å². The van der Waals surface area contributed by atoms with Gasteiger partial charge in [0.05, 0.1) is 33.1 Å². The summed E-state index contributed by atoms with van der Waals surface area (Å²) in [5.41, 5.74) is 12.7. The molecular formula is C43H46N4O2S2. The summed E-state index contributed by atoms with van der Waals surface area (Å²) < 4.78 is 8.68. The number of aryl methyl sites for hydroxylation is 5. The first-order valence-corrected chi connectivity index (χ1v) is 19.0. The molecule has 0 bridgehead atoms. The number of nitrogens with zero attached hydrogens (tertiary/aromatic N) is 2. The third-order valence-corrected chi connectivity index (χ3v) is 10.6. The van der Waals surface area contributed by atoms with Crippen molar-refractivity contribution in [1.29, 1.82) is 0 Å². The zero-order valence-corrected chi connectivity index (χ0v) is 32.0. The lowest BCUT2D eigenvalue weighted by Crippen LogP contribution is -2.23. The van der Waals surface area contributed by atoms with Crippen molar-refractivity contribution in [2.24, 2.45) is 0 Å². The van der Waals surface area contributed by atoms with E-state index in [1.54, 1.807) is 29.6 Å². The Hall–Kier alpha value is -4.76. The van der Waals surface area contributed by atoms with Crippen LogP contribution in [-0.2, 0) is 0 Å². The Balaban J connectivity index is 0.000000187. The van der Waals surface area contributed by atoms with E-state index < -0.39 is 0 Å². The summed E-state index contributed by atoms with van der Waals surface area (Å²) in [4.78, 5) is 9.46. The number of hydrogen-bond donors (Lipinski definition) is 3. The van der Waals surface area contributed by atoms with Crippen LogP contribution in [0, 0.1) is 34.6 Å². The number of nitrogens with one attached hydrogen (secondary N) is 2. The second kappa shape index (κ2) is 16.1. The van der Waals surface area contributed by atoms with E-state index in [0.29, 0.717) is 6.54 Å². The average Bonchev–Trinajstić information content (AvgIpc) is 3.73. The second-order valence-corrected chi connectivity index (χ2v) is 15.5. The molecule has 5 aromatic carbocycles. The van der Waals surface area contributed by atoms with Crippen LogP contribution >= 0.6 is 22.7 Å². The van der Waals surface area contributed by atoms with Crippen molar-refractivity contribution in [1.82, 2.24) is 9.97 Å². The van der Waals surface area contributed by atoms with Crippen LogP contribution in [0.4, 0.5) is 11.4 Å². The number of hydrogen-bond acceptors (Lipinski definition) is 8. The number of aromatic nitrogens is 2. The van der Waals surface area contributed by atoms with Gasteiger partial charge in [0.2, 0.25) is 0 Å². The number of thiazole rings is 2. The Bertz CT molecular complexity index is 2210. The first-order chi connectivity index (χ1) is 24.5. The number of fused-ring (bicyclic) bond motifs is 2. The standard InChI is InChI=1S/C26H28N2OS.C17H18N2OS/c1-16-6-11-23-24(14-16)30-26(28-23)21-7-9-22(10-8-21)27-15-20(5)29-25-18(3)12-17(2)13-19(25)4;1-11-3-8-15-16(9-11)21-17(19-15)13-4-6-14(7-5-13)18-10-12(2)20/h6-14,20,27H,15H2,1-5H3;3-9,12,18,20H,10H2,1-2H3. The van der Waals surface area contributed by atoms with Crippen LogP contribution in [0.2, 0.25) is 0 Å². The largest absolute Gasteiger partial charge is 0.488 e. The summed E-state index contributed by atoms with van der Waals surface area (Å²) in [6, 6.07) is 33.8. The van der Waals surface area contributed by atoms with Crippen molar-refractivity contribution in [3.63, 3.8) is 0 Å². The maximum absolute atomic E-state index is 9.28. The monoisotopic (exact) mass is 714 g/mol. The maximum atomic E-state index is 9.28. The van der Waals surface area contributed by atoms with Gasteiger partial charge in [0, 0.05) is 29.0 Å². The quantitative estimate of drug-likeness (QED) is 0.131. The molecule has 0 radical (unpaired) electrons. The van der Waals surface area contributed by atoms with Gasteiger partial charge >= 0.3 is 0 Å². The Morgan fingerprint density at radius 1 is 0.588 bits per heavy atom. The fourth-order valence-electron chi connectivity index (χ4n) is 5.89. The van der Waals surface area contributed by atoms with E-state index >= 15 is 0 Å². The van der Waals surface area contributed by atoms with Gasteiger partial charge < -0.3 is 20.5 Å². The molecule has 8 heteroatoms. The summed E-state index contributed by atoms with van der Waals surface area (Å²) >= 11 is 3.46. The van der Waals surface area contributed by atoms with Gasteiger partial charge in [0.1, 0.15) is 21.9 Å². The molecule has 0 spiro atoms. The Morgan fingerprint density at radius 3 is 1.49 bits per heavy atom. The third kappa shape index (κ3) is 9.33. The molecule has 2 unspecified atom stereocenters. The number of benzene rings is 5. The summed E-state index contributed by atoms with van der Waals surface area (Å²) in [5, 5.41) is 18.1. The summed E-state index contributed by atoms with van der Waals surface area (Å²) in [6.07, 6.45) is -0.283. The van der Waals surface area contributed by atoms with Crippen molar-refractivity contribution in [3.05, 3.63) is 125 Å². The molecule has 3 N–H and O–H groups in total. The predicted molar refractivity (Wildman–Crippen MR) is 219 cm³/mol. The summed E-state index contributed by atoms with van der Waals surface area (Å²) in [6.45, 7) is 15.7. The highest BCUT2D eigenvalue weighted by Gasteiger charge is 2.11. The molecule has 0 aliphatic rings. The van der Waals surface area contributed by atoms with Crippen LogP contribution < -0.4 is 15.4 Å². The Labute approximate surface area is 309 Å². The fraction of sp³-hybridized carbons (Fsp3) is 0.256. The first kappa shape index (κ1) is 36.0. The molecule has 0 aliphatic heterocycles. The minimum Gasteiger partial charge on any atom is -0.488 e. The van der Waals surface area contributed by atoms with Crippen LogP contribution in [-0.4, -0.2) is 40.4 Å². The lowest BCUT2D eigenvalue weighted by atomic mass is 10.1. The van der Waals surface area contributed by atoms with E-state index in [1.807, 2.05) is 12.1 Å². The van der Waals surface area contributed by atoms with Crippen molar-refractivity contribution in [2.45, 2.75) is 60.7 Å². The zero-order valence-electron chi connectivity index (χ0n) is 30.4. The first-order valence-electron chi connectivity index (χ1n) is 17.4. The lowest BCUT2D eigenvalue weighted by Gasteiger charge is -2.20. The normalized spacial score (nSPS) is 12.3. The summed E-state index contributed by atoms with van der Waals surface area (Å²) in [7, 11) is 0. The van der Waals surface area contributed by atoms with E-state index in [9.17, 15) is 5.11 Å². The van der Waals surface area contributed by atoms with Gasteiger partial charge in [-0.2, -0.15) is 0 Å². The molecule has 2 atom stereocenters. The number of anilines is 2. The van der Waals surface area contributed by atoms with E-state index in [2.05, 4.69) is 142 Å². The molecule has 2 aromatic heterocycles. The topological polar surface area (TPSA) is 79.3 Å². The fourth-order valence-corrected chi connectivity index (χ4v) is 8.03. The molecule has 6 nitrogen and oxygen atoms in total. The van der Waals surface area contributed by atoms with E-state index in [4.69, 9.17) is 9.72 Å². The Kier molecular flexibility index (Phi) is 11.4. The van der Waals surface area contributed by atoms with Crippen LogP contribution in [0.1, 0.15) is 41.7 Å². The lowest BCUT2D eigenvalue weighted by molar-refractivity contribution is 0.208. The highest BCUT2D eigenvalue weighted by Crippen LogP contribution is 2.33. The number of aliphatic hydroxyl groups is 1. The minimum absolute atomic E-state index is 0.0669. The molecule has 7 aromatic rings. The average molecular weight is 715 g/mol. The van der Waals surface area contributed by atoms with Gasteiger partial charge in [-0.1, -0.05) is 29.8 Å². The molecule has 0 amide bonds. The van der Waals surface area contributed by atoms with Crippen LogP contribution in [0.25, 0.3) is 41.6 Å². The van der Waals surface area contributed by atoms with E-state index in [0.717, 1.165) is 55.8 Å². The van der Waals surface area contributed by atoms with Crippen molar-refractivity contribution in [2.75, 3.05) is 23.7 Å². The maximum Gasteiger partial charge on any atom is 0.125 e. The smallest absolute Gasteiger partial charge is 0.125 e. The molecule has 0 aliphatic carbocycles. The van der Waals surface area contributed by atoms with Gasteiger partial charge in [-0.05, 0) is 144 Å². The number of rotatable bonds is 10. The van der Waals surface area contributed by atoms with Crippen molar-refractivity contribution < 1.29 is 9.84 Å². The number of aliphatic hydroxyl groups excluding tert-OH is 1. The molecule has 0 saturated carbocycles. The highest BCUT2D eigenvalue weighted by molar-refractivity contribution is 7.22. The third-order valence-electron chi connectivity index (χ3n) is 8.47. The molecular weight excluding hydrogens is 669 g/mol. The van der Waals surface area contributed by atoms with Gasteiger partial charge in [0.15, 0.2) is 0 Å². The van der Waals surface area contributed by atoms with E-state index in [1.165, 1.54) is 37.2 Å². The van der Waals surface area contributed by atoms with Gasteiger partial charge in [-0.15, -0.1) is 22.7 Å². The molecule has 0 saturated heterocycles. The van der Waals surface area contributed by atoms with Crippen LogP contribution in [0.5, 0.6) is 5.75 Å². The summed E-state index contributed by atoms with van der Waals surface area (Å²) in [5.74, 6) is 0.997. The minimum atomic E-state index is -0.350. The number of ether oxygens (including phenoxy) is 1. The van der Waals surface area contributed by atoms with Gasteiger partial charge in [-0.25, -0.2) is 9.97 Å². The van der Waals surface area contributed by atoms with Crippen molar-refractivity contribution in [3.8, 4) is 26.9 Å². The molecule has 2 heterocycles. The SMILES string of the molecule is Cc1cc(C)c(OC(C)CNc2ccc(-c3nc4ccc(C)cc4s3)cc2)c(C)c1.Cc1ccc2nc(-c3ccc(NCC(C)O)cc3)sc2c1. The van der Waals surface area contributed by atoms with Gasteiger partial charge in [0.25, 0.3) is 0 Å². The van der Waals surface area contributed by atoms with Crippen molar-refractivity contribution >= 4 is 54.5 Å². The zero-order chi connectivity index (χ0) is 36.1. The molecule has 262 valence electrons. The van der Waals surface area contributed by atoms with Gasteiger partial charge in [-0.3, -0.25) is 0 Å².